The van der Waals surface area contributed by atoms with Crippen molar-refractivity contribution in [1.82, 2.24) is 10.6 Å². The number of carboxylic acids is 1. The molecular weight excluding hydrogens is 264 g/mol. The smallest absolute Gasteiger partial charge is 0.326 e. The van der Waals surface area contributed by atoms with Gasteiger partial charge in [0.15, 0.2) is 0 Å². The van der Waals surface area contributed by atoms with Gasteiger partial charge in [-0.15, -0.1) is 0 Å². The minimum Gasteiger partial charge on any atom is -0.480 e. The Bertz CT molecular complexity index is 285. The maximum atomic E-state index is 11.7. The van der Waals surface area contributed by atoms with Gasteiger partial charge in [-0.25, -0.2) is 9.59 Å². The highest BCUT2D eigenvalue weighted by Crippen LogP contribution is 2.06. The van der Waals surface area contributed by atoms with Gasteiger partial charge in [0.1, 0.15) is 6.04 Å². The lowest BCUT2D eigenvalue weighted by Gasteiger charge is -2.19. The molecule has 0 aromatic carbocycles. The summed E-state index contributed by atoms with van der Waals surface area (Å²) in [6.07, 6.45) is 1.32. The van der Waals surface area contributed by atoms with Crippen LogP contribution in [0.2, 0.25) is 0 Å². The number of carbonyl (C=O) groups is 2. The molecule has 6 heteroatoms. The molecule has 2 amide bonds. The van der Waals surface area contributed by atoms with E-state index in [0.29, 0.717) is 6.42 Å². The highest BCUT2D eigenvalue weighted by molar-refractivity contribution is 7.99. The first-order chi connectivity index (χ1) is 8.86. The van der Waals surface area contributed by atoms with Crippen LogP contribution < -0.4 is 10.6 Å². The maximum absolute atomic E-state index is 11.7. The molecule has 3 N–H and O–H groups in total. The van der Waals surface area contributed by atoms with Crippen LogP contribution in [0.4, 0.5) is 4.79 Å². The van der Waals surface area contributed by atoms with E-state index in [1.165, 1.54) is 0 Å². The van der Waals surface area contributed by atoms with E-state index in [9.17, 15) is 9.59 Å². The van der Waals surface area contributed by atoms with Crippen molar-refractivity contribution in [3.8, 4) is 0 Å². The van der Waals surface area contributed by atoms with Crippen LogP contribution in [0.25, 0.3) is 0 Å². The molecular formula is C13H26N2O3S. The van der Waals surface area contributed by atoms with Crippen LogP contribution in [0.3, 0.4) is 0 Å². The minimum atomic E-state index is -0.988. The summed E-state index contributed by atoms with van der Waals surface area (Å²) in [6, 6.07) is -1.17. The topological polar surface area (TPSA) is 78.4 Å². The zero-order valence-electron chi connectivity index (χ0n) is 12.2. The van der Waals surface area contributed by atoms with Crippen LogP contribution in [-0.4, -0.2) is 40.7 Å². The molecule has 0 aliphatic heterocycles. The summed E-state index contributed by atoms with van der Waals surface area (Å²) in [5.41, 5.74) is 0. The zero-order valence-corrected chi connectivity index (χ0v) is 13.0. The van der Waals surface area contributed by atoms with Crippen LogP contribution in [0, 0.1) is 5.92 Å². The number of thioether (sulfide) groups is 1. The van der Waals surface area contributed by atoms with E-state index >= 15 is 0 Å². The van der Waals surface area contributed by atoms with Crippen LogP contribution in [0.1, 0.15) is 40.5 Å². The minimum absolute atomic E-state index is 0.0487. The van der Waals surface area contributed by atoms with Crippen molar-refractivity contribution in [1.29, 1.82) is 0 Å². The fourth-order valence-electron chi connectivity index (χ4n) is 1.59. The molecule has 112 valence electrons. The van der Waals surface area contributed by atoms with Crippen molar-refractivity contribution in [3.63, 3.8) is 0 Å². The first-order valence-corrected chi connectivity index (χ1v) is 7.89. The number of hydrogen-bond donors (Lipinski definition) is 3. The predicted molar refractivity (Wildman–Crippen MR) is 79.6 cm³/mol. The Hall–Kier alpha value is -0.910. The monoisotopic (exact) mass is 290 g/mol. The molecule has 5 nitrogen and oxygen atoms in total. The molecule has 0 aliphatic rings. The molecule has 0 fully saturated rings. The van der Waals surface area contributed by atoms with Gasteiger partial charge >= 0.3 is 12.0 Å². The SMILES string of the molecule is CCSCCC(C)NC(=O)N[C@@H](CC(C)C)C(=O)O. The van der Waals surface area contributed by atoms with Gasteiger partial charge in [-0.2, -0.15) is 11.8 Å². The summed E-state index contributed by atoms with van der Waals surface area (Å²) in [4.78, 5) is 22.7. The Morgan fingerprint density at radius 2 is 1.84 bits per heavy atom. The molecule has 19 heavy (non-hydrogen) atoms. The Kier molecular flexibility index (Phi) is 9.47. The molecule has 0 aromatic rings. The number of carbonyl (C=O) groups excluding carboxylic acids is 1. The third kappa shape index (κ3) is 9.64. The fraction of sp³-hybridized carbons (Fsp3) is 0.846. The van der Waals surface area contributed by atoms with Gasteiger partial charge in [0, 0.05) is 6.04 Å². The predicted octanol–water partition coefficient (Wildman–Crippen LogP) is 2.32. The lowest BCUT2D eigenvalue weighted by Crippen LogP contribution is -2.48. The Morgan fingerprint density at radius 1 is 1.21 bits per heavy atom. The molecule has 0 saturated heterocycles. The van der Waals surface area contributed by atoms with E-state index in [0.717, 1.165) is 17.9 Å². The third-order valence-electron chi connectivity index (χ3n) is 2.59. The van der Waals surface area contributed by atoms with E-state index in [4.69, 9.17) is 5.11 Å². The molecule has 1 unspecified atom stereocenters. The summed E-state index contributed by atoms with van der Waals surface area (Å²) in [5.74, 6) is 1.29. The Labute approximate surface area is 119 Å². The third-order valence-corrected chi connectivity index (χ3v) is 3.52. The van der Waals surface area contributed by atoms with Crippen LogP contribution in [0.5, 0.6) is 0 Å². The highest BCUT2D eigenvalue weighted by atomic mass is 32.2. The Balaban J connectivity index is 4.08. The second-order valence-electron chi connectivity index (χ2n) is 5.02. The largest absolute Gasteiger partial charge is 0.480 e. The molecule has 0 saturated carbocycles. The van der Waals surface area contributed by atoms with Gasteiger partial charge in [0.05, 0.1) is 0 Å². The number of nitrogens with one attached hydrogen (secondary N) is 2. The van der Waals surface area contributed by atoms with Gasteiger partial charge in [0.25, 0.3) is 0 Å². The van der Waals surface area contributed by atoms with Crippen molar-refractivity contribution < 1.29 is 14.7 Å². The molecule has 0 aliphatic carbocycles. The molecule has 0 spiro atoms. The number of carboxylic acid groups (broad SMARTS) is 1. The van der Waals surface area contributed by atoms with Crippen LogP contribution >= 0.6 is 11.8 Å². The molecule has 0 bridgehead atoms. The standard InChI is InChI=1S/C13H26N2O3S/c1-5-19-7-6-10(4)14-13(18)15-11(12(16)17)8-9(2)3/h9-11H,5-8H2,1-4H3,(H,16,17)(H2,14,15,18)/t10?,11-/m0/s1. The average Bonchev–Trinajstić information content (AvgIpc) is 2.27. The maximum Gasteiger partial charge on any atom is 0.326 e. The summed E-state index contributed by atoms with van der Waals surface area (Å²) in [6.45, 7) is 7.88. The average molecular weight is 290 g/mol. The molecule has 0 heterocycles. The first-order valence-electron chi connectivity index (χ1n) is 6.74. The van der Waals surface area contributed by atoms with Gasteiger partial charge in [-0.3, -0.25) is 0 Å². The second-order valence-corrected chi connectivity index (χ2v) is 6.42. The summed E-state index contributed by atoms with van der Waals surface area (Å²) in [7, 11) is 0. The van der Waals surface area contributed by atoms with E-state index in [2.05, 4.69) is 17.6 Å². The van der Waals surface area contributed by atoms with Crippen molar-refractivity contribution in [2.45, 2.75) is 52.6 Å². The van der Waals surface area contributed by atoms with Crippen LogP contribution in [-0.2, 0) is 4.79 Å². The number of amides is 2. The van der Waals surface area contributed by atoms with Gasteiger partial charge in [-0.05, 0) is 37.2 Å². The van der Waals surface area contributed by atoms with E-state index in [1.807, 2.05) is 32.5 Å². The molecule has 0 rings (SSSR count). The molecule has 0 radical (unpaired) electrons. The van der Waals surface area contributed by atoms with Crippen molar-refractivity contribution >= 4 is 23.8 Å². The molecule has 2 atom stereocenters. The zero-order chi connectivity index (χ0) is 14.8. The number of rotatable bonds is 9. The lowest BCUT2D eigenvalue weighted by molar-refractivity contribution is -0.139. The number of aliphatic carboxylic acids is 1. The normalized spacial score (nSPS) is 13.9. The second kappa shape index (κ2) is 9.95. The van der Waals surface area contributed by atoms with Crippen molar-refractivity contribution in [2.75, 3.05) is 11.5 Å². The molecule has 0 aromatic heterocycles. The Morgan fingerprint density at radius 3 is 2.32 bits per heavy atom. The van der Waals surface area contributed by atoms with E-state index in [-0.39, 0.29) is 12.0 Å². The van der Waals surface area contributed by atoms with E-state index < -0.39 is 18.0 Å². The van der Waals surface area contributed by atoms with Gasteiger partial charge in [-0.1, -0.05) is 20.8 Å². The van der Waals surface area contributed by atoms with Crippen molar-refractivity contribution in [2.24, 2.45) is 5.92 Å². The first kappa shape index (κ1) is 18.1. The highest BCUT2D eigenvalue weighted by Gasteiger charge is 2.21. The summed E-state index contributed by atoms with van der Waals surface area (Å²) >= 11 is 1.82. The van der Waals surface area contributed by atoms with E-state index in [1.54, 1.807) is 0 Å². The van der Waals surface area contributed by atoms with Gasteiger partial charge in [0.2, 0.25) is 0 Å². The number of urea groups is 1. The van der Waals surface area contributed by atoms with Crippen LogP contribution in [0.15, 0.2) is 0 Å². The quantitative estimate of drug-likeness (QED) is 0.569. The lowest BCUT2D eigenvalue weighted by atomic mass is 10.0. The summed E-state index contributed by atoms with van der Waals surface area (Å²) < 4.78 is 0. The fourth-order valence-corrected chi connectivity index (χ4v) is 2.40. The summed E-state index contributed by atoms with van der Waals surface area (Å²) in [5, 5.41) is 14.3. The number of hydrogen-bond acceptors (Lipinski definition) is 3. The van der Waals surface area contributed by atoms with Crippen molar-refractivity contribution in [3.05, 3.63) is 0 Å². The van der Waals surface area contributed by atoms with Gasteiger partial charge < -0.3 is 15.7 Å².